The summed E-state index contributed by atoms with van der Waals surface area (Å²) < 4.78 is 0. The maximum Gasteiger partial charge on any atom is 0.226 e. The molecule has 2 saturated heterocycles. The minimum Gasteiger partial charge on any atom is -0.342 e. The molecule has 1 aliphatic carbocycles. The Hall–Kier alpha value is -0.570. The Bertz CT molecular complexity index is 252. The highest BCUT2D eigenvalue weighted by Crippen LogP contribution is 2.57. The predicted molar refractivity (Wildman–Crippen MR) is 53.8 cm³/mol. The van der Waals surface area contributed by atoms with Gasteiger partial charge in [0, 0.05) is 25.6 Å². The quantitative estimate of drug-likeness (QED) is 0.663. The molecule has 2 heterocycles. The molecule has 0 aromatic carbocycles. The van der Waals surface area contributed by atoms with Crippen LogP contribution in [-0.4, -0.2) is 37.0 Å². The fourth-order valence-electron chi connectivity index (χ4n) is 3.09. The zero-order valence-corrected chi connectivity index (χ0v) is 8.59. The van der Waals surface area contributed by atoms with Gasteiger partial charge in [0.1, 0.15) is 0 Å². The second kappa shape index (κ2) is 2.96. The van der Waals surface area contributed by atoms with Crippen LogP contribution in [0.2, 0.25) is 0 Å². The van der Waals surface area contributed by atoms with Gasteiger partial charge in [-0.3, -0.25) is 4.79 Å². The van der Waals surface area contributed by atoms with Gasteiger partial charge in [-0.25, -0.2) is 0 Å². The van der Waals surface area contributed by atoms with Gasteiger partial charge >= 0.3 is 0 Å². The number of hydrogen-bond acceptors (Lipinski definition) is 2. The molecule has 3 fully saturated rings. The van der Waals surface area contributed by atoms with Gasteiger partial charge in [0.25, 0.3) is 0 Å². The van der Waals surface area contributed by atoms with Crippen molar-refractivity contribution in [1.82, 2.24) is 10.2 Å². The van der Waals surface area contributed by atoms with Crippen molar-refractivity contribution in [2.24, 2.45) is 11.3 Å². The van der Waals surface area contributed by atoms with Crippen LogP contribution in [0.5, 0.6) is 0 Å². The highest BCUT2D eigenvalue weighted by atomic mass is 16.2. The highest BCUT2D eigenvalue weighted by Gasteiger charge is 2.59. The molecule has 14 heavy (non-hydrogen) atoms. The first-order valence-corrected chi connectivity index (χ1v) is 5.81. The fourth-order valence-corrected chi connectivity index (χ4v) is 3.09. The molecule has 2 atom stereocenters. The van der Waals surface area contributed by atoms with Crippen LogP contribution >= 0.6 is 0 Å². The standard InChI is InChI=1S/C11H18N2O/c14-10(13-5-1-2-6-13)9-7-11(9)3-4-12-8-11/h9,12H,1-8H2/t9-,11-/m0/s1. The van der Waals surface area contributed by atoms with Crippen LogP contribution in [0.1, 0.15) is 25.7 Å². The molecule has 0 aromatic rings. The number of hydrogen-bond donors (Lipinski definition) is 1. The van der Waals surface area contributed by atoms with E-state index in [1.807, 2.05) is 0 Å². The third-order valence-corrected chi connectivity index (χ3v) is 4.18. The Balaban J connectivity index is 1.64. The Morgan fingerprint density at radius 2 is 2.14 bits per heavy atom. The van der Waals surface area contributed by atoms with Crippen molar-refractivity contribution in [3.05, 3.63) is 0 Å². The van der Waals surface area contributed by atoms with Crippen LogP contribution in [0, 0.1) is 11.3 Å². The first-order chi connectivity index (χ1) is 6.82. The average molecular weight is 194 g/mol. The smallest absolute Gasteiger partial charge is 0.226 e. The first kappa shape index (κ1) is 8.72. The van der Waals surface area contributed by atoms with Crippen molar-refractivity contribution >= 4 is 5.91 Å². The van der Waals surface area contributed by atoms with E-state index in [1.54, 1.807) is 0 Å². The van der Waals surface area contributed by atoms with E-state index in [0.29, 0.717) is 17.2 Å². The Morgan fingerprint density at radius 1 is 1.36 bits per heavy atom. The number of nitrogens with one attached hydrogen (secondary N) is 1. The Kier molecular flexibility index (Phi) is 1.84. The lowest BCUT2D eigenvalue weighted by molar-refractivity contribution is -0.132. The van der Waals surface area contributed by atoms with E-state index in [0.717, 1.165) is 32.6 Å². The molecule has 1 spiro atoms. The SMILES string of the molecule is O=C([C@@H]1C[C@]12CCNC2)N1CCCC1. The zero-order chi connectivity index (χ0) is 9.60. The zero-order valence-electron chi connectivity index (χ0n) is 8.59. The van der Waals surface area contributed by atoms with Gasteiger partial charge in [-0.2, -0.15) is 0 Å². The molecular formula is C11H18N2O. The van der Waals surface area contributed by atoms with Crippen LogP contribution in [0.4, 0.5) is 0 Å². The van der Waals surface area contributed by atoms with E-state index in [2.05, 4.69) is 10.2 Å². The summed E-state index contributed by atoms with van der Waals surface area (Å²) in [4.78, 5) is 14.1. The largest absolute Gasteiger partial charge is 0.342 e. The van der Waals surface area contributed by atoms with Gasteiger partial charge in [0.05, 0.1) is 0 Å². The molecular weight excluding hydrogens is 176 g/mol. The summed E-state index contributed by atoms with van der Waals surface area (Å²) in [6.45, 7) is 4.22. The summed E-state index contributed by atoms with van der Waals surface area (Å²) in [5.41, 5.74) is 0.389. The minimum atomic E-state index is 0.371. The van der Waals surface area contributed by atoms with Gasteiger partial charge in [-0.15, -0.1) is 0 Å². The molecule has 0 radical (unpaired) electrons. The highest BCUT2D eigenvalue weighted by molar-refractivity contribution is 5.83. The Morgan fingerprint density at radius 3 is 2.79 bits per heavy atom. The monoisotopic (exact) mass is 194 g/mol. The normalized spacial score (nSPS) is 40.9. The number of nitrogens with zero attached hydrogens (tertiary/aromatic N) is 1. The third kappa shape index (κ3) is 1.18. The number of rotatable bonds is 1. The van der Waals surface area contributed by atoms with Crippen LogP contribution < -0.4 is 5.32 Å². The number of amides is 1. The lowest BCUT2D eigenvalue weighted by atomic mass is 10.0. The molecule has 0 unspecified atom stereocenters. The van der Waals surface area contributed by atoms with E-state index in [9.17, 15) is 4.79 Å². The fraction of sp³-hybridized carbons (Fsp3) is 0.909. The number of likely N-dealkylation sites (tertiary alicyclic amines) is 1. The molecule has 2 aliphatic heterocycles. The summed E-state index contributed by atoms with van der Waals surface area (Å²) in [5.74, 6) is 0.821. The van der Waals surface area contributed by atoms with Crippen LogP contribution in [-0.2, 0) is 4.79 Å². The second-order valence-corrected chi connectivity index (χ2v) is 5.08. The maximum atomic E-state index is 12.1. The van der Waals surface area contributed by atoms with Crippen molar-refractivity contribution in [1.29, 1.82) is 0 Å². The Labute approximate surface area is 84.8 Å². The summed E-state index contributed by atoms with van der Waals surface area (Å²) in [6, 6.07) is 0. The molecule has 1 N–H and O–H groups in total. The number of carbonyl (C=O) groups is 1. The molecule has 3 heteroatoms. The molecule has 3 aliphatic rings. The lowest BCUT2D eigenvalue weighted by Gasteiger charge is -2.16. The van der Waals surface area contributed by atoms with Crippen molar-refractivity contribution in [3.63, 3.8) is 0 Å². The van der Waals surface area contributed by atoms with E-state index >= 15 is 0 Å². The van der Waals surface area contributed by atoms with E-state index in [1.165, 1.54) is 19.3 Å². The third-order valence-electron chi connectivity index (χ3n) is 4.18. The average Bonchev–Trinajstić information content (AvgIpc) is 2.62. The van der Waals surface area contributed by atoms with Crippen LogP contribution in [0.3, 0.4) is 0 Å². The van der Waals surface area contributed by atoms with Gasteiger partial charge in [-0.1, -0.05) is 0 Å². The van der Waals surface area contributed by atoms with Crippen LogP contribution in [0.15, 0.2) is 0 Å². The van der Waals surface area contributed by atoms with Gasteiger partial charge in [-0.05, 0) is 37.6 Å². The summed E-state index contributed by atoms with van der Waals surface area (Å²) in [6.07, 6.45) is 4.79. The molecule has 0 aromatic heterocycles. The molecule has 3 nitrogen and oxygen atoms in total. The van der Waals surface area contributed by atoms with E-state index in [-0.39, 0.29) is 0 Å². The number of carbonyl (C=O) groups excluding carboxylic acids is 1. The van der Waals surface area contributed by atoms with Crippen LogP contribution in [0.25, 0.3) is 0 Å². The second-order valence-electron chi connectivity index (χ2n) is 5.08. The predicted octanol–water partition coefficient (Wildman–Crippen LogP) is 0.608. The topological polar surface area (TPSA) is 32.3 Å². The summed E-state index contributed by atoms with van der Waals surface area (Å²) in [5, 5.41) is 3.38. The first-order valence-electron chi connectivity index (χ1n) is 5.81. The maximum absolute atomic E-state index is 12.1. The molecule has 0 bridgehead atoms. The summed E-state index contributed by atoms with van der Waals surface area (Å²) in [7, 11) is 0. The van der Waals surface area contributed by atoms with Gasteiger partial charge in [0.2, 0.25) is 5.91 Å². The molecule has 1 saturated carbocycles. The summed E-state index contributed by atoms with van der Waals surface area (Å²) >= 11 is 0. The van der Waals surface area contributed by atoms with Crippen molar-refractivity contribution in [2.75, 3.05) is 26.2 Å². The van der Waals surface area contributed by atoms with E-state index < -0.39 is 0 Å². The molecule has 78 valence electrons. The minimum absolute atomic E-state index is 0.371. The lowest BCUT2D eigenvalue weighted by Crippen LogP contribution is -2.31. The molecule has 1 amide bonds. The van der Waals surface area contributed by atoms with Crippen molar-refractivity contribution < 1.29 is 4.79 Å². The van der Waals surface area contributed by atoms with Gasteiger partial charge in [0.15, 0.2) is 0 Å². The van der Waals surface area contributed by atoms with Gasteiger partial charge < -0.3 is 10.2 Å². The van der Waals surface area contributed by atoms with E-state index in [4.69, 9.17) is 0 Å². The molecule has 3 rings (SSSR count). The van der Waals surface area contributed by atoms with Crippen molar-refractivity contribution in [3.8, 4) is 0 Å². The van der Waals surface area contributed by atoms with Crippen molar-refractivity contribution in [2.45, 2.75) is 25.7 Å².